The maximum Gasteiger partial charge on any atom is 0.241 e. The number of imidazole rings is 1. The van der Waals surface area contributed by atoms with Crippen molar-refractivity contribution in [2.24, 2.45) is 0 Å². The first-order chi connectivity index (χ1) is 24.7. The van der Waals surface area contributed by atoms with Gasteiger partial charge in [0.1, 0.15) is 0 Å². The molecule has 0 saturated carbocycles. The Morgan fingerprint density at radius 3 is 1.24 bits per heavy atom. The summed E-state index contributed by atoms with van der Waals surface area (Å²) in [5.74, 6) is 0. The largest absolute Gasteiger partial charge is 0.339 e. The summed E-state index contributed by atoms with van der Waals surface area (Å²) < 4.78 is 2.22. The fourth-order valence-electron chi connectivity index (χ4n) is 6.71. The van der Waals surface area contributed by atoms with Gasteiger partial charge in [0.25, 0.3) is 0 Å². The van der Waals surface area contributed by atoms with Gasteiger partial charge in [0, 0.05) is 31.4 Å². The van der Waals surface area contributed by atoms with Crippen molar-refractivity contribution in [1.29, 1.82) is 0 Å². The highest BCUT2D eigenvalue weighted by molar-refractivity contribution is 7.79. The van der Waals surface area contributed by atoms with Crippen LogP contribution in [0.3, 0.4) is 0 Å². The van der Waals surface area contributed by atoms with Crippen LogP contribution in [0.5, 0.6) is 0 Å². The van der Waals surface area contributed by atoms with Crippen molar-refractivity contribution in [3.63, 3.8) is 0 Å². The Hall–Kier alpha value is -5.01. The van der Waals surface area contributed by atoms with Crippen LogP contribution in [0, 0.1) is 0 Å². The lowest BCUT2D eigenvalue weighted by Crippen LogP contribution is -2.69. The topological polar surface area (TPSA) is 17.8 Å². The van der Waals surface area contributed by atoms with Gasteiger partial charge in [0.2, 0.25) is 6.71 Å². The molecule has 0 N–H and O–H groups in total. The van der Waals surface area contributed by atoms with Crippen LogP contribution in [0.1, 0.15) is 11.1 Å². The monoisotopic (exact) mass is 698 g/mol. The molecular weight excluding hydrogens is 660 g/mol. The molecular formula is C44H39BN2S2Si. The Morgan fingerprint density at radius 2 is 0.880 bits per heavy atom. The number of benzene rings is 6. The molecule has 1 heterocycles. The number of aromatic nitrogens is 2. The van der Waals surface area contributed by atoms with Gasteiger partial charge < -0.3 is 4.57 Å². The van der Waals surface area contributed by atoms with Gasteiger partial charge >= 0.3 is 0 Å². The Bertz CT molecular complexity index is 1890. The molecule has 7 rings (SSSR count). The Kier molecular flexibility index (Phi) is 12.3. The minimum Gasteiger partial charge on any atom is -0.339 e. The zero-order chi connectivity index (χ0) is 34.4. The summed E-state index contributed by atoms with van der Waals surface area (Å²) in [6.45, 7) is 0.309. The lowest BCUT2D eigenvalue weighted by molar-refractivity contribution is 0.862. The van der Waals surface area contributed by atoms with E-state index < -0.39 is 8.07 Å². The molecule has 0 atom stereocenters. The second-order valence-corrected chi connectivity index (χ2v) is 16.8. The molecule has 7 aromatic rings. The van der Waals surface area contributed by atoms with Crippen LogP contribution in [0.25, 0.3) is 0 Å². The van der Waals surface area contributed by atoms with Gasteiger partial charge in [0.05, 0.1) is 6.33 Å². The van der Waals surface area contributed by atoms with E-state index in [0.717, 1.165) is 19.0 Å². The number of hydrogen-bond acceptors (Lipinski definition) is 3. The second kappa shape index (κ2) is 17.6. The Labute approximate surface area is 308 Å². The summed E-state index contributed by atoms with van der Waals surface area (Å²) in [5, 5.41) is 7.72. The summed E-state index contributed by atoms with van der Waals surface area (Å²) >= 11 is 10.1. The van der Waals surface area contributed by atoms with Crippen LogP contribution >= 0.6 is 24.4 Å². The van der Waals surface area contributed by atoms with Gasteiger partial charge in [-0.1, -0.05) is 211 Å². The number of hydrogen-bond donors (Lipinski definition) is 0. The third-order valence-corrected chi connectivity index (χ3v) is 14.3. The molecule has 0 spiro atoms. The summed E-state index contributed by atoms with van der Waals surface area (Å²) in [5.41, 5.74) is 6.49. The van der Waals surface area contributed by atoms with E-state index in [-0.39, 0.29) is 0 Å². The molecule has 50 heavy (non-hydrogen) atoms. The molecule has 244 valence electrons. The summed E-state index contributed by atoms with van der Waals surface area (Å²) in [4.78, 5) is 4.32. The van der Waals surface area contributed by atoms with Crippen molar-refractivity contribution < 1.29 is 0 Å². The maximum absolute atomic E-state index is 5.07. The van der Waals surface area contributed by atoms with Crippen molar-refractivity contribution in [3.8, 4) is 0 Å². The van der Waals surface area contributed by atoms with Gasteiger partial charge in [-0.05, 0) is 37.4 Å². The predicted molar refractivity (Wildman–Crippen MR) is 225 cm³/mol. The third kappa shape index (κ3) is 8.40. The first-order valence-corrected chi connectivity index (χ1v) is 20.1. The predicted octanol–water partition coefficient (Wildman–Crippen LogP) is 5.88. The zero-order valence-corrected chi connectivity index (χ0v) is 30.6. The molecule has 0 aliphatic rings. The standard InChI is InChI=1S/C26H24N2S2Si.C18H15B/c29-18-14-22-6-10-25(11-7-22)31(21-28-17-16-27-20-28,24-4-2-1-3-5-24)26-12-8-23(9-13-26)15-19-30;1-4-10-16(11-5-1)19(17-12-6-2-7-13-17)18-14-8-3-9-15-18/h1-13,16-20H,14-15,21H2;1-15H. The molecule has 0 unspecified atom stereocenters. The van der Waals surface area contributed by atoms with E-state index in [2.05, 4.69) is 186 Å². The van der Waals surface area contributed by atoms with Gasteiger partial charge in [-0.2, -0.15) is 0 Å². The zero-order valence-electron chi connectivity index (χ0n) is 28.0. The lowest BCUT2D eigenvalue weighted by Gasteiger charge is -2.34. The van der Waals surface area contributed by atoms with Gasteiger partial charge in [-0.15, -0.1) is 0 Å². The highest BCUT2D eigenvalue weighted by atomic mass is 32.1. The average Bonchev–Trinajstić information content (AvgIpc) is 3.70. The highest BCUT2D eigenvalue weighted by Crippen LogP contribution is 2.13. The molecule has 6 aromatic carbocycles. The molecule has 0 aliphatic carbocycles. The van der Waals surface area contributed by atoms with Crippen LogP contribution in [-0.4, -0.2) is 35.1 Å². The molecule has 0 aliphatic heterocycles. The normalized spacial score (nSPS) is 10.8. The van der Waals surface area contributed by atoms with Crippen LogP contribution in [0.2, 0.25) is 0 Å². The molecule has 0 saturated heterocycles. The van der Waals surface area contributed by atoms with E-state index in [1.54, 1.807) is 10.7 Å². The molecule has 0 amide bonds. The van der Waals surface area contributed by atoms with E-state index in [4.69, 9.17) is 24.4 Å². The smallest absolute Gasteiger partial charge is 0.241 e. The Morgan fingerprint density at radius 1 is 0.500 bits per heavy atom. The van der Waals surface area contributed by atoms with Crippen molar-refractivity contribution in [1.82, 2.24) is 9.55 Å². The van der Waals surface area contributed by atoms with Gasteiger partial charge in [-0.3, -0.25) is 0 Å². The quantitative estimate of drug-likeness (QED) is 0.0903. The number of rotatable bonds is 12. The van der Waals surface area contributed by atoms with E-state index in [9.17, 15) is 0 Å². The fourth-order valence-corrected chi connectivity index (χ4v) is 11.6. The molecule has 6 heteroatoms. The third-order valence-electron chi connectivity index (χ3n) is 9.18. The van der Waals surface area contributed by atoms with E-state index in [1.807, 2.05) is 12.5 Å². The van der Waals surface area contributed by atoms with Crippen molar-refractivity contribution in [2.75, 3.05) is 0 Å². The maximum atomic E-state index is 5.07. The molecule has 2 nitrogen and oxygen atoms in total. The molecule has 0 radical (unpaired) electrons. The first kappa shape index (κ1) is 34.8. The van der Waals surface area contributed by atoms with Gasteiger partial charge in [0.15, 0.2) is 8.07 Å². The minimum atomic E-state index is -2.37. The lowest BCUT2D eigenvalue weighted by atomic mass is 9.37. The molecule has 1 aromatic heterocycles. The van der Waals surface area contributed by atoms with Crippen LogP contribution in [-0.2, 0) is 19.0 Å². The first-order valence-electron chi connectivity index (χ1n) is 16.9. The van der Waals surface area contributed by atoms with Gasteiger partial charge in [-0.25, -0.2) is 4.98 Å². The molecule has 0 fully saturated rings. The summed E-state index contributed by atoms with van der Waals surface area (Å²) in [6.07, 6.45) is 8.34. The number of nitrogens with zero attached hydrogens (tertiary/aromatic N) is 2. The van der Waals surface area contributed by atoms with E-state index in [0.29, 0.717) is 6.71 Å². The Balaban J connectivity index is 0.000000194. The summed E-state index contributed by atoms with van der Waals surface area (Å²) in [6, 6.07) is 61.0. The molecule has 0 bridgehead atoms. The van der Waals surface area contributed by atoms with Crippen molar-refractivity contribution in [2.45, 2.75) is 19.0 Å². The minimum absolute atomic E-state index is 0.309. The van der Waals surface area contributed by atoms with Crippen LogP contribution < -0.4 is 31.9 Å². The van der Waals surface area contributed by atoms with E-state index in [1.165, 1.54) is 43.1 Å². The fraction of sp³-hybridized carbons (Fsp3) is 0.0682. The average molecular weight is 699 g/mol. The van der Waals surface area contributed by atoms with Crippen molar-refractivity contribution in [3.05, 3.63) is 200 Å². The van der Waals surface area contributed by atoms with Crippen molar-refractivity contribution >= 4 is 81.9 Å². The van der Waals surface area contributed by atoms with E-state index >= 15 is 0 Å². The SMILES string of the molecule is S=CCc1ccc([Si](Cn2ccnc2)(c2ccccc2)c2ccc(CC=S)cc2)cc1.c1ccc(B(c2ccccc2)c2ccccc2)cc1. The summed E-state index contributed by atoms with van der Waals surface area (Å²) in [7, 11) is -2.37. The second-order valence-electron chi connectivity index (χ2n) is 12.3. The van der Waals surface area contributed by atoms with Crippen LogP contribution in [0.4, 0.5) is 0 Å². The highest BCUT2D eigenvalue weighted by Gasteiger charge is 2.39. The number of thiocarbonyl (C=S) groups is 2. The van der Waals surface area contributed by atoms with Crippen LogP contribution in [0.15, 0.2) is 189 Å².